The summed E-state index contributed by atoms with van der Waals surface area (Å²) >= 11 is 0. The number of rotatable bonds is 48. The minimum Gasteiger partial charge on any atom is -0.462 e. The van der Waals surface area contributed by atoms with Gasteiger partial charge in [0.1, 0.15) is 13.2 Å². The molecule has 0 amide bonds. The lowest BCUT2D eigenvalue weighted by atomic mass is 10.1. The Morgan fingerprint density at radius 3 is 1.00 bits per heavy atom. The molecule has 0 aliphatic heterocycles. The van der Waals surface area contributed by atoms with Gasteiger partial charge in [0.05, 0.1) is 6.42 Å². The quantitative estimate of drug-likeness (QED) is 0.0262. The molecule has 0 radical (unpaired) electrons. The zero-order valence-electron chi connectivity index (χ0n) is 42.9. The molecule has 0 heterocycles. The summed E-state index contributed by atoms with van der Waals surface area (Å²) in [5.74, 6) is -1.06. The highest BCUT2D eigenvalue weighted by molar-refractivity contribution is 5.72. The van der Waals surface area contributed by atoms with E-state index < -0.39 is 12.1 Å². The van der Waals surface area contributed by atoms with Crippen LogP contribution in [-0.2, 0) is 28.6 Å². The van der Waals surface area contributed by atoms with Crippen LogP contribution < -0.4 is 0 Å². The monoisotopic (exact) mass is 917 g/mol. The van der Waals surface area contributed by atoms with Crippen LogP contribution >= 0.6 is 0 Å². The number of hydrogen-bond donors (Lipinski definition) is 0. The summed E-state index contributed by atoms with van der Waals surface area (Å²) in [7, 11) is 0. The molecular formula is C60H100O6. The van der Waals surface area contributed by atoms with Gasteiger partial charge in [-0.05, 0) is 83.5 Å². The van der Waals surface area contributed by atoms with E-state index in [1.54, 1.807) is 6.08 Å². The largest absolute Gasteiger partial charge is 0.462 e. The van der Waals surface area contributed by atoms with E-state index in [1.165, 1.54) is 122 Å². The predicted octanol–water partition coefficient (Wildman–Crippen LogP) is 18.1. The minimum atomic E-state index is -0.831. The Labute approximate surface area is 407 Å². The van der Waals surface area contributed by atoms with Crippen LogP contribution in [0.15, 0.2) is 97.2 Å². The Morgan fingerprint density at radius 1 is 0.333 bits per heavy atom. The van der Waals surface area contributed by atoms with Crippen molar-refractivity contribution in [3.63, 3.8) is 0 Å². The molecule has 6 heteroatoms. The molecule has 66 heavy (non-hydrogen) atoms. The van der Waals surface area contributed by atoms with Crippen LogP contribution in [0.3, 0.4) is 0 Å². The lowest BCUT2D eigenvalue weighted by Crippen LogP contribution is -2.30. The Morgan fingerprint density at radius 2 is 0.636 bits per heavy atom. The van der Waals surface area contributed by atoms with Crippen molar-refractivity contribution in [2.24, 2.45) is 0 Å². The first-order valence-electron chi connectivity index (χ1n) is 27.2. The molecule has 0 aliphatic rings. The third-order valence-corrected chi connectivity index (χ3v) is 11.4. The van der Waals surface area contributed by atoms with Gasteiger partial charge in [-0.1, -0.05) is 240 Å². The van der Waals surface area contributed by atoms with Gasteiger partial charge in [-0.2, -0.15) is 0 Å². The highest BCUT2D eigenvalue weighted by atomic mass is 16.6. The minimum absolute atomic E-state index is 0.0953. The van der Waals surface area contributed by atoms with E-state index in [4.69, 9.17) is 14.2 Å². The van der Waals surface area contributed by atoms with Crippen molar-refractivity contribution < 1.29 is 28.6 Å². The molecule has 0 bridgehead atoms. The third-order valence-electron chi connectivity index (χ3n) is 11.4. The fourth-order valence-corrected chi connectivity index (χ4v) is 7.29. The number of allylic oxidation sites excluding steroid dienone is 15. The Kier molecular flexibility index (Phi) is 50.9. The van der Waals surface area contributed by atoms with Gasteiger partial charge in [0.25, 0.3) is 0 Å². The summed E-state index contributed by atoms with van der Waals surface area (Å²) in [5.41, 5.74) is 0. The first-order chi connectivity index (χ1) is 32.5. The number of unbranched alkanes of at least 4 members (excludes halogenated alkanes) is 22. The molecule has 0 N–H and O–H groups in total. The number of carbonyl (C=O) groups is 3. The molecule has 1 unspecified atom stereocenters. The molecule has 6 nitrogen and oxygen atoms in total. The van der Waals surface area contributed by atoms with Gasteiger partial charge in [0.2, 0.25) is 0 Å². The molecule has 0 saturated heterocycles. The van der Waals surface area contributed by atoms with Crippen LogP contribution in [0.4, 0.5) is 0 Å². The molecule has 0 rings (SSSR count). The van der Waals surface area contributed by atoms with Crippen molar-refractivity contribution in [3.8, 4) is 0 Å². The summed E-state index contributed by atoms with van der Waals surface area (Å²) in [6.45, 7) is 6.39. The number of ether oxygens (including phenoxy) is 3. The van der Waals surface area contributed by atoms with Gasteiger partial charge < -0.3 is 14.2 Å². The summed E-state index contributed by atoms with van der Waals surface area (Å²) in [6.07, 6.45) is 71.5. The van der Waals surface area contributed by atoms with Crippen LogP contribution in [0.5, 0.6) is 0 Å². The SMILES string of the molecule is CC/C=C\C/C=C\C/C=C\C/C=C\C/C=C\CC(=O)OC(COC(=O)CCCCCCCCCC)COC(=O)CCCCCCCCCCCC/C=C\C/C=C\C/C=C\CCCCCCC. The predicted molar refractivity (Wildman–Crippen MR) is 284 cm³/mol. The van der Waals surface area contributed by atoms with Gasteiger partial charge >= 0.3 is 17.9 Å². The van der Waals surface area contributed by atoms with Gasteiger partial charge in [0.15, 0.2) is 6.10 Å². The second-order valence-corrected chi connectivity index (χ2v) is 17.8. The first kappa shape index (κ1) is 62.3. The van der Waals surface area contributed by atoms with Gasteiger partial charge in [-0.25, -0.2) is 0 Å². The summed E-state index contributed by atoms with van der Waals surface area (Å²) < 4.78 is 16.6. The van der Waals surface area contributed by atoms with Crippen molar-refractivity contribution >= 4 is 17.9 Å². The fourth-order valence-electron chi connectivity index (χ4n) is 7.29. The Balaban J connectivity index is 4.30. The highest BCUT2D eigenvalue weighted by Crippen LogP contribution is 2.14. The molecule has 1 atom stereocenters. The number of hydrogen-bond acceptors (Lipinski definition) is 6. The smallest absolute Gasteiger partial charge is 0.310 e. The lowest BCUT2D eigenvalue weighted by molar-refractivity contribution is -0.166. The van der Waals surface area contributed by atoms with Crippen molar-refractivity contribution in [3.05, 3.63) is 97.2 Å². The van der Waals surface area contributed by atoms with Gasteiger partial charge in [-0.15, -0.1) is 0 Å². The maximum atomic E-state index is 12.7. The maximum Gasteiger partial charge on any atom is 0.310 e. The number of esters is 3. The van der Waals surface area contributed by atoms with E-state index in [0.29, 0.717) is 12.8 Å². The van der Waals surface area contributed by atoms with E-state index in [9.17, 15) is 14.4 Å². The average Bonchev–Trinajstić information content (AvgIpc) is 3.31. The third kappa shape index (κ3) is 51.3. The van der Waals surface area contributed by atoms with Crippen LogP contribution in [-0.4, -0.2) is 37.2 Å². The molecule has 0 aromatic rings. The molecule has 0 spiro atoms. The molecule has 0 aliphatic carbocycles. The standard InChI is InChI=1S/C60H100O6/c1-4-7-10-13-16-19-21-23-25-26-27-28-29-30-31-32-33-34-36-37-39-41-44-47-50-53-59(62)65-56-57(55-64-58(61)52-49-46-43-18-15-12-9-6-3)66-60(63)54-51-48-45-42-40-38-35-24-22-20-17-14-11-8-5-2/h8,11,17,20-21,23-24,26-27,29-30,35,40,42,48,51,57H,4-7,9-10,12-16,18-19,22,25,28,31-34,36-39,41,43-47,49-50,52-56H2,1-3H3/b11-8-,20-17-,23-21-,27-26-,30-29-,35-24-,42-40-,51-48-. The second-order valence-electron chi connectivity index (χ2n) is 17.8. The van der Waals surface area contributed by atoms with Crippen molar-refractivity contribution in [1.29, 1.82) is 0 Å². The van der Waals surface area contributed by atoms with Crippen molar-refractivity contribution in [2.75, 3.05) is 13.2 Å². The molecule has 0 aromatic heterocycles. The van der Waals surface area contributed by atoms with Gasteiger partial charge in [0, 0.05) is 12.8 Å². The van der Waals surface area contributed by atoms with Crippen LogP contribution in [0.1, 0.15) is 245 Å². The topological polar surface area (TPSA) is 78.9 Å². The zero-order valence-corrected chi connectivity index (χ0v) is 42.9. The molecule has 0 saturated carbocycles. The van der Waals surface area contributed by atoms with Crippen LogP contribution in [0.25, 0.3) is 0 Å². The molecule has 0 aromatic carbocycles. The average molecular weight is 917 g/mol. The Bertz CT molecular complexity index is 1330. The fraction of sp³-hybridized carbons (Fsp3) is 0.683. The maximum absolute atomic E-state index is 12.7. The zero-order chi connectivity index (χ0) is 47.9. The first-order valence-corrected chi connectivity index (χ1v) is 27.2. The van der Waals surface area contributed by atoms with E-state index in [0.717, 1.165) is 83.5 Å². The van der Waals surface area contributed by atoms with Crippen LogP contribution in [0.2, 0.25) is 0 Å². The molecular weight excluding hydrogens is 817 g/mol. The summed E-state index contributed by atoms with van der Waals surface area (Å²) in [4.78, 5) is 37.8. The normalized spacial score (nSPS) is 12.8. The van der Waals surface area contributed by atoms with Crippen molar-refractivity contribution in [1.82, 2.24) is 0 Å². The summed E-state index contributed by atoms with van der Waals surface area (Å²) in [5, 5.41) is 0. The van der Waals surface area contributed by atoms with Gasteiger partial charge in [-0.3, -0.25) is 14.4 Å². The Hall–Kier alpha value is -3.67. The van der Waals surface area contributed by atoms with E-state index >= 15 is 0 Å². The van der Waals surface area contributed by atoms with Crippen molar-refractivity contribution in [2.45, 2.75) is 252 Å². The van der Waals surface area contributed by atoms with E-state index in [-0.39, 0.29) is 31.6 Å². The molecule has 0 fully saturated rings. The highest BCUT2D eigenvalue weighted by Gasteiger charge is 2.19. The second kappa shape index (κ2) is 53.9. The lowest BCUT2D eigenvalue weighted by Gasteiger charge is -2.18. The van der Waals surface area contributed by atoms with Crippen LogP contribution in [0, 0.1) is 0 Å². The molecule has 376 valence electrons. The van der Waals surface area contributed by atoms with E-state index in [1.807, 2.05) is 6.08 Å². The number of carbonyl (C=O) groups excluding carboxylic acids is 3. The van der Waals surface area contributed by atoms with E-state index in [2.05, 4.69) is 106 Å². The summed E-state index contributed by atoms with van der Waals surface area (Å²) in [6, 6.07) is 0.